The summed E-state index contributed by atoms with van der Waals surface area (Å²) in [5, 5.41) is 11.0. The van der Waals surface area contributed by atoms with Crippen molar-refractivity contribution in [2.45, 2.75) is 0 Å². The van der Waals surface area contributed by atoms with Gasteiger partial charge in [0.25, 0.3) is 0 Å². The lowest BCUT2D eigenvalue weighted by Gasteiger charge is -2.32. The van der Waals surface area contributed by atoms with Crippen molar-refractivity contribution in [3.05, 3.63) is 424 Å². The van der Waals surface area contributed by atoms with Gasteiger partial charge in [0, 0.05) is 59.4 Å². The largest absolute Gasteiger partial charge is 0.306 e. The molecule has 6 heteroatoms. The van der Waals surface area contributed by atoms with Crippen molar-refractivity contribution in [3.8, 4) is 106 Å². The molecule has 23 rings (SSSR count). The van der Waals surface area contributed by atoms with Crippen molar-refractivity contribution in [1.29, 1.82) is 0 Å². The molecule has 0 radical (unpaired) electrons. The van der Waals surface area contributed by atoms with E-state index in [2.05, 4.69) is 434 Å². The zero-order valence-electron chi connectivity index (χ0n) is 62.4. The maximum atomic E-state index is 9.18. The van der Waals surface area contributed by atoms with Crippen LogP contribution in [0.15, 0.2) is 413 Å². The lowest BCUT2D eigenvalue weighted by molar-refractivity contribution is 1.00. The molecule has 0 amide bonds. The number of rotatable bonds is 12. The maximum Gasteiger partial charge on any atom is 0.187 e. The summed E-state index contributed by atoms with van der Waals surface area (Å²) < 4.78 is 13.1. The fraction of sp³-hybridized carbons (Fsp3) is 0. The Balaban J connectivity index is 1.05. The molecule has 5 aromatic heterocycles. The monoisotopic (exact) mass is 1460 g/mol. The van der Waals surface area contributed by atoms with E-state index in [1.165, 1.54) is 0 Å². The van der Waals surface area contributed by atoms with Crippen LogP contribution in [0.2, 0.25) is 0 Å². The van der Waals surface area contributed by atoms with Crippen molar-refractivity contribution in [2.24, 2.45) is 0 Å². The topological polar surface area (TPSA) is 29.0 Å². The van der Waals surface area contributed by atoms with E-state index in [0.29, 0.717) is 5.69 Å². The van der Waals surface area contributed by atoms with Gasteiger partial charge in [-0.05, 0) is 175 Å². The predicted molar refractivity (Wildman–Crippen MR) is 482 cm³/mol. The number of para-hydroxylation sites is 4. The van der Waals surface area contributed by atoms with Crippen LogP contribution in [0.1, 0.15) is 0 Å². The molecule has 6 nitrogen and oxygen atoms in total. The Morgan fingerprint density at radius 3 is 0.591 bits per heavy atom. The van der Waals surface area contributed by atoms with E-state index in [0.717, 1.165) is 215 Å². The number of nitrogens with zero attached hydrogens (tertiary/aromatic N) is 6. The van der Waals surface area contributed by atoms with Crippen LogP contribution < -0.4 is 0 Å². The molecular formula is C109H68N6. The van der Waals surface area contributed by atoms with E-state index in [4.69, 9.17) is 0 Å². The molecule has 0 spiro atoms. The van der Waals surface area contributed by atoms with Crippen molar-refractivity contribution < 1.29 is 0 Å². The fourth-order valence-corrected chi connectivity index (χ4v) is 18.7. The molecule has 0 fully saturated rings. The minimum Gasteiger partial charge on any atom is -0.306 e. The molecule has 534 valence electrons. The van der Waals surface area contributed by atoms with Crippen molar-refractivity contribution in [3.63, 3.8) is 0 Å². The molecule has 0 saturated heterocycles. The second kappa shape index (κ2) is 26.3. The van der Waals surface area contributed by atoms with Gasteiger partial charge in [-0.25, -0.2) is 4.85 Å². The zero-order valence-corrected chi connectivity index (χ0v) is 62.4. The van der Waals surface area contributed by atoms with E-state index in [9.17, 15) is 6.57 Å². The van der Waals surface area contributed by atoms with Gasteiger partial charge in [0.1, 0.15) is 0 Å². The van der Waals surface area contributed by atoms with Crippen LogP contribution in [-0.4, -0.2) is 22.8 Å². The summed E-state index contributed by atoms with van der Waals surface area (Å²) in [6.07, 6.45) is 0. The number of hydrogen-bond acceptors (Lipinski definition) is 0. The second-order valence-electron chi connectivity index (χ2n) is 30.1. The summed E-state index contributed by atoms with van der Waals surface area (Å²) in [5.41, 5.74) is 30.6. The zero-order chi connectivity index (χ0) is 75.8. The first-order chi connectivity index (χ1) is 57.0. The predicted octanol–water partition coefficient (Wildman–Crippen LogP) is 29.4. The first-order valence-corrected chi connectivity index (χ1v) is 39.3. The minimum absolute atomic E-state index is 0.519. The van der Waals surface area contributed by atoms with Gasteiger partial charge < -0.3 is 22.8 Å². The highest BCUT2D eigenvalue weighted by Crippen LogP contribution is 2.56. The third kappa shape index (κ3) is 10.3. The highest BCUT2D eigenvalue weighted by Gasteiger charge is 2.37. The molecule has 0 N–H and O–H groups in total. The van der Waals surface area contributed by atoms with Crippen LogP contribution in [0.25, 0.3) is 220 Å². The van der Waals surface area contributed by atoms with E-state index in [1.54, 1.807) is 0 Å². The first kappa shape index (κ1) is 65.3. The molecule has 115 heavy (non-hydrogen) atoms. The highest BCUT2D eigenvalue weighted by molar-refractivity contribution is 6.21. The van der Waals surface area contributed by atoms with Crippen molar-refractivity contribution >= 4 is 115 Å². The fourth-order valence-electron chi connectivity index (χ4n) is 18.7. The van der Waals surface area contributed by atoms with E-state index in [-0.39, 0.29) is 0 Å². The van der Waals surface area contributed by atoms with Gasteiger partial charge in [0.2, 0.25) is 0 Å². The second-order valence-corrected chi connectivity index (χ2v) is 30.1. The molecule has 23 aromatic rings. The molecule has 0 saturated carbocycles. The van der Waals surface area contributed by atoms with E-state index in [1.807, 2.05) is 6.07 Å². The number of aromatic nitrogens is 5. The molecule has 0 bridgehead atoms. The van der Waals surface area contributed by atoms with Crippen LogP contribution in [0.4, 0.5) is 5.69 Å². The van der Waals surface area contributed by atoms with Gasteiger partial charge >= 0.3 is 0 Å². The van der Waals surface area contributed by atoms with Gasteiger partial charge in [0.05, 0.1) is 90.2 Å². The third-order valence-electron chi connectivity index (χ3n) is 23.9. The maximum absolute atomic E-state index is 9.18. The lowest BCUT2D eigenvalue weighted by atomic mass is 9.94. The molecule has 0 atom stereocenters. The van der Waals surface area contributed by atoms with Crippen LogP contribution in [0.5, 0.6) is 0 Å². The Kier molecular flexibility index (Phi) is 15.0. The molecule has 5 heterocycles. The van der Waals surface area contributed by atoms with E-state index < -0.39 is 0 Å². The van der Waals surface area contributed by atoms with Gasteiger partial charge in [-0.2, -0.15) is 0 Å². The van der Waals surface area contributed by atoms with Crippen LogP contribution in [0, 0.1) is 6.57 Å². The first-order valence-electron chi connectivity index (χ1n) is 39.3. The Bertz CT molecular complexity index is 7190. The standard InChI is InChI=1S/C109H68N6/c1-110-83-42-28-41-82(63-83)104-105(111-98-57-51-76(70-29-8-2-9-30-70)64-88(98)89-65-77(52-58-99(89)111)71-31-10-3-11-32-71)107(113-94-47-24-20-43-84(94)85-44-21-25-48-95(85)113)109(115-102-61-55-80(74-37-16-6-17-38-74)68-92(102)93-69-81(56-62-103(93)115)75-39-18-7-19-40-75)108(114-96-49-26-22-45-86(96)87-46-23-27-50-97(87)114)106(104)112-100-59-53-78(72-33-12-4-13-34-72)66-90(100)91-67-79(54-60-101(91)112)73-35-14-5-15-36-73/h2-69H. The summed E-state index contributed by atoms with van der Waals surface area (Å²) in [6, 6.07) is 152. The number of hydrogen-bond donors (Lipinski definition) is 0. The normalized spacial score (nSPS) is 11.8. The molecule has 0 aliphatic carbocycles. The van der Waals surface area contributed by atoms with Crippen LogP contribution >= 0.6 is 0 Å². The van der Waals surface area contributed by atoms with Crippen molar-refractivity contribution in [2.75, 3.05) is 0 Å². The van der Waals surface area contributed by atoms with Gasteiger partial charge in [-0.15, -0.1) is 0 Å². The Morgan fingerprint density at radius 2 is 0.348 bits per heavy atom. The number of fused-ring (bicyclic) bond motifs is 15. The van der Waals surface area contributed by atoms with E-state index >= 15 is 0 Å². The highest BCUT2D eigenvalue weighted by atomic mass is 15.2. The average Bonchev–Trinajstić information content (AvgIpc) is 1.53. The van der Waals surface area contributed by atoms with Gasteiger partial charge in [-0.3, -0.25) is 0 Å². The molecule has 0 aliphatic rings. The summed E-state index contributed by atoms with van der Waals surface area (Å²) >= 11 is 0. The summed E-state index contributed by atoms with van der Waals surface area (Å²) in [5.74, 6) is 0. The number of benzene rings is 18. The smallest absolute Gasteiger partial charge is 0.187 e. The lowest BCUT2D eigenvalue weighted by Crippen LogP contribution is -2.18. The van der Waals surface area contributed by atoms with Crippen LogP contribution in [0.3, 0.4) is 0 Å². The molecule has 18 aromatic carbocycles. The summed E-state index contributed by atoms with van der Waals surface area (Å²) in [4.78, 5) is 4.41. The minimum atomic E-state index is 0.519. The van der Waals surface area contributed by atoms with Gasteiger partial charge in [-0.1, -0.05) is 309 Å². The SMILES string of the molecule is [C-]#[N+]c1cccc(-c2c(-n3c4ccc(-c5ccccc5)cc4c4cc(-c5ccccc5)ccc43)c(-n3c4ccccc4c4ccccc43)c(-n3c4ccc(-c5ccccc5)cc4c4cc(-c5ccccc5)ccc43)c(-n3c4ccccc4c4ccccc43)c2-n2c3ccc(-c4ccccc4)cc3c3cc(-c4ccccc4)ccc32)c1. The average molecular weight is 1460 g/mol. The Hall–Kier alpha value is -15.6. The molecule has 0 unspecified atom stereocenters. The summed E-state index contributed by atoms with van der Waals surface area (Å²) in [7, 11) is 0. The quantitative estimate of drug-likeness (QED) is 0.109. The summed E-state index contributed by atoms with van der Waals surface area (Å²) in [6.45, 7) is 9.18. The van der Waals surface area contributed by atoms with Gasteiger partial charge in [0.15, 0.2) is 5.69 Å². The van der Waals surface area contributed by atoms with Crippen molar-refractivity contribution in [1.82, 2.24) is 22.8 Å². The third-order valence-corrected chi connectivity index (χ3v) is 23.9. The molecular weight excluding hydrogens is 1390 g/mol. The van der Waals surface area contributed by atoms with Crippen LogP contribution in [-0.2, 0) is 0 Å². The Labute approximate surface area is 663 Å². The Morgan fingerprint density at radius 1 is 0.148 bits per heavy atom. The molecule has 0 aliphatic heterocycles.